The van der Waals surface area contributed by atoms with Gasteiger partial charge in [-0.25, -0.2) is 0 Å². The zero-order valence-electron chi connectivity index (χ0n) is 10.7. The number of aliphatic hydroxyl groups is 1. The molecule has 1 saturated heterocycles. The van der Waals surface area contributed by atoms with Crippen molar-refractivity contribution in [2.45, 2.75) is 45.5 Å². The second kappa shape index (κ2) is 7.22. The predicted octanol–water partition coefficient (Wildman–Crippen LogP) is 0.883. The van der Waals surface area contributed by atoms with Crippen LogP contribution in [0.2, 0.25) is 0 Å². The third-order valence-corrected chi connectivity index (χ3v) is 2.75. The molecular weight excluding hydrogens is 206 g/mol. The minimum Gasteiger partial charge on any atom is -0.388 e. The molecule has 0 radical (unpaired) electrons. The summed E-state index contributed by atoms with van der Waals surface area (Å²) in [4.78, 5) is 2.34. The van der Waals surface area contributed by atoms with Crippen LogP contribution < -0.4 is 0 Å². The predicted molar refractivity (Wildman–Crippen MR) is 63.6 cm³/mol. The van der Waals surface area contributed by atoms with Gasteiger partial charge in [0.05, 0.1) is 25.4 Å². The highest BCUT2D eigenvalue weighted by molar-refractivity contribution is 4.77. The van der Waals surface area contributed by atoms with Gasteiger partial charge in [-0.1, -0.05) is 6.92 Å². The van der Waals surface area contributed by atoms with Gasteiger partial charge in [0, 0.05) is 13.1 Å². The minimum atomic E-state index is -0.512. The molecule has 0 amide bonds. The van der Waals surface area contributed by atoms with Gasteiger partial charge in [-0.2, -0.15) is 0 Å². The molecule has 0 spiro atoms. The van der Waals surface area contributed by atoms with Crippen LogP contribution in [0.25, 0.3) is 0 Å². The molecule has 1 heterocycles. The quantitative estimate of drug-likeness (QED) is 0.737. The van der Waals surface area contributed by atoms with E-state index in [0.717, 1.165) is 26.1 Å². The number of nitrogens with zero attached hydrogens (tertiary/aromatic N) is 1. The maximum atomic E-state index is 9.93. The third-order valence-electron chi connectivity index (χ3n) is 2.75. The van der Waals surface area contributed by atoms with E-state index < -0.39 is 6.10 Å². The Labute approximate surface area is 98.5 Å². The Balaban J connectivity index is 2.28. The van der Waals surface area contributed by atoms with Gasteiger partial charge in [0.1, 0.15) is 6.10 Å². The molecule has 1 N–H and O–H groups in total. The monoisotopic (exact) mass is 231 g/mol. The molecular formula is C12H25NO3. The molecule has 0 saturated carbocycles. The molecule has 0 aromatic heterocycles. The molecule has 0 bridgehead atoms. The molecule has 1 aliphatic heterocycles. The largest absolute Gasteiger partial charge is 0.388 e. The number of hydrogen-bond acceptors (Lipinski definition) is 4. The lowest BCUT2D eigenvalue weighted by atomic mass is 10.1. The van der Waals surface area contributed by atoms with Crippen LogP contribution in [0, 0.1) is 0 Å². The SMILES string of the molecule is CCCN1CCOC(C(O)COC(C)C)C1. The molecule has 2 atom stereocenters. The fourth-order valence-corrected chi connectivity index (χ4v) is 1.88. The van der Waals surface area contributed by atoms with Crippen LogP contribution in [0.15, 0.2) is 0 Å². The minimum absolute atomic E-state index is 0.0981. The summed E-state index contributed by atoms with van der Waals surface area (Å²) in [5, 5.41) is 9.93. The van der Waals surface area contributed by atoms with Gasteiger partial charge in [0.15, 0.2) is 0 Å². The third kappa shape index (κ3) is 4.78. The zero-order chi connectivity index (χ0) is 12.0. The average Bonchev–Trinajstić information content (AvgIpc) is 2.26. The Hall–Kier alpha value is -0.160. The number of rotatable bonds is 6. The van der Waals surface area contributed by atoms with Crippen LogP contribution >= 0.6 is 0 Å². The van der Waals surface area contributed by atoms with Gasteiger partial charge in [-0.3, -0.25) is 4.90 Å². The lowest BCUT2D eigenvalue weighted by Crippen LogP contribution is -2.49. The Morgan fingerprint density at radius 1 is 1.50 bits per heavy atom. The van der Waals surface area contributed by atoms with Crippen molar-refractivity contribution < 1.29 is 14.6 Å². The maximum Gasteiger partial charge on any atom is 0.105 e. The smallest absolute Gasteiger partial charge is 0.105 e. The first kappa shape index (κ1) is 13.9. The van der Waals surface area contributed by atoms with E-state index in [1.807, 2.05) is 13.8 Å². The number of morpholine rings is 1. The Bertz CT molecular complexity index is 185. The van der Waals surface area contributed by atoms with Gasteiger partial charge in [-0.05, 0) is 26.8 Å². The van der Waals surface area contributed by atoms with Crippen LogP contribution in [0.1, 0.15) is 27.2 Å². The van der Waals surface area contributed by atoms with Crippen LogP contribution in [0.3, 0.4) is 0 Å². The van der Waals surface area contributed by atoms with Crippen LogP contribution in [-0.2, 0) is 9.47 Å². The van der Waals surface area contributed by atoms with Crippen LogP contribution in [0.5, 0.6) is 0 Å². The standard InChI is InChI=1S/C12H25NO3/c1-4-5-13-6-7-15-12(8-13)11(14)9-16-10(2)3/h10-12,14H,4-9H2,1-3H3. The van der Waals surface area contributed by atoms with Gasteiger partial charge < -0.3 is 14.6 Å². The Morgan fingerprint density at radius 2 is 2.25 bits per heavy atom. The molecule has 0 aromatic carbocycles. The van der Waals surface area contributed by atoms with E-state index in [0.29, 0.717) is 13.2 Å². The van der Waals surface area contributed by atoms with Crippen molar-refractivity contribution in [1.29, 1.82) is 0 Å². The molecule has 4 heteroatoms. The van der Waals surface area contributed by atoms with E-state index >= 15 is 0 Å². The van der Waals surface area contributed by atoms with Crippen LogP contribution in [0.4, 0.5) is 0 Å². The Kier molecular flexibility index (Phi) is 6.28. The summed E-state index contributed by atoms with van der Waals surface area (Å²) in [6, 6.07) is 0. The highest BCUT2D eigenvalue weighted by atomic mass is 16.5. The van der Waals surface area contributed by atoms with Crippen molar-refractivity contribution in [3.05, 3.63) is 0 Å². The van der Waals surface area contributed by atoms with Crippen molar-refractivity contribution in [3.8, 4) is 0 Å². The first-order chi connectivity index (χ1) is 7.63. The summed E-state index contributed by atoms with van der Waals surface area (Å²) in [7, 11) is 0. The molecule has 16 heavy (non-hydrogen) atoms. The van der Waals surface area contributed by atoms with E-state index in [4.69, 9.17) is 9.47 Å². The second-order valence-electron chi connectivity index (χ2n) is 4.66. The van der Waals surface area contributed by atoms with Crippen molar-refractivity contribution >= 4 is 0 Å². The Morgan fingerprint density at radius 3 is 2.88 bits per heavy atom. The summed E-state index contributed by atoms with van der Waals surface area (Å²) in [5.41, 5.74) is 0. The summed E-state index contributed by atoms with van der Waals surface area (Å²) in [5.74, 6) is 0. The molecule has 1 fully saturated rings. The van der Waals surface area contributed by atoms with E-state index in [-0.39, 0.29) is 12.2 Å². The molecule has 96 valence electrons. The average molecular weight is 231 g/mol. The number of hydrogen-bond donors (Lipinski definition) is 1. The maximum absolute atomic E-state index is 9.93. The molecule has 2 unspecified atom stereocenters. The lowest BCUT2D eigenvalue weighted by molar-refractivity contribution is -0.115. The van der Waals surface area contributed by atoms with Crippen LogP contribution in [-0.4, -0.2) is 61.2 Å². The molecule has 1 rings (SSSR count). The number of aliphatic hydroxyl groups excluding tert-OH is 1. The summed E-state index contributed by atoms with van der Waals surface area (Å²) in [6.07, 6.45) is 0.691. The van der Waals surface area contributed by atoms with Crippen molar-refractivity contribution in [2.24, 2.45) is 0 Å². The molecule has 0 aromatic rings. The second-order valence-corrected chi connectivity index (χ2v) is 4.66. The van der Waals surface area contributed by atoms with Gasteiger partial charge in [0.25, 0.3) is 0 Å². The molecule has 0 aliphatic carbocycles. The van der Waals surface area contributed by atoms with E-state index in [1.54, 1.807) is 0 Å². The first-order valence-electron chi connectivity index (χ1n) is 6.27. The summed E-state index contributed by atoms with van der Waals surface area (Å²) < 4.78 is 11.0. The summed E-state index contributed by atoms with van der Waals surface area (Å²) in [6.45, 7) is 10.1. The van der Waals surface area contributed by atoms with Crippen molar-refractivity contribution in [3.63, 3.8) is 0 Å². The fourth-order valence-electron chi connectivity index (χ4n) is 1.88. The highest BCUT2D eigenvalue weighted by Gasteiger charge is 2.26. The van der Waals surface area contributed by atoms with Crippen molar-refractivity contribution in [1.82, 2.24) is 4.90 Å². The lowest BCUT2D eigenvalue weighted by Gasteiger charge is -2.35. The van der Waals surface area contributed by atoms with E-state index in [2.05, 4.69) is 11.8 Å². The zero-order valence-corrected chi connectivity index (χ0v) is 10.7. The first-order valence-corrected chi connectivity index (χ1v) is 6.27. The van der Waals surface area contributed by atoms with Gasteiger partial charge in [0.2, 0.25) is 0 Å². The topological polar surface area (TPSA) is 41.9 Å². The van der Waals surface area contributed by atoms with E-state index in [1.165, 1.54) is 0 Å². The highest BCUT2D eigenvalue weighted by Crippen LogP contribution is 2.10. The molecule has 4 nitrogen and oxygen atoms in total. The summed E-state index contributed by atoms with van der Waals surface area (Å²) >= 11 is 0. The van der Waals surface area contributed by atoms with Crippen molar-refractivity contribution in [2.75, 3.05) is 32.8 Å². The van der Waals surface area contributed by atoms with E-state index in [9.17, 15) is 5.11 Å². The molecule has 1 aliphatic rings. The fraction of sp³-hybridized carbons (Fsp3) is 1.00. The number of ether oxygens (including phenoxy) is 2. The normalized spacial score (nSPS) is 24.9. The van der Waals surface area contributed by atoms with Gasteiger partial charge in [-0.15, -0.1) is 0 Å². The van der Waals surface area contributed by atoms with Gasteiger partial charge >= 0.3 is 0 Å².